The standard InChI is InChI=1S/C20H16FN5O/c21-16-5-3-15(4-6-16)18-12-23-26-10-9-25(13-19(18)26)20(27)24-17-7-1-14(11-22)2-8-17/h1-8,12H,9-10,13H2,(H,24,27). The smallest absolute Gasteiger partial charge is 0.317 e. The number of urea groups is 1. The van der Waals surface area contributed by atoms with Gasteiger partial charge in [0.15, 0.2) is 0 Å². The Labute approximate surface area is 155 Å². The lowest BCUT2D eigenvalue weighted by atomic mass is 10.1. The maximum Gasteiger partial charge on any atom is 0.322 e. The normalized spacial score (nSPS) is 13.0. The van der Waals surface area contributed by atoms with Crippen molar-refractivity contribution in [1.82, 2.24) is 14.7 Å². The Balaban J connectivity index is 1.52. The molecule has 1 N–H and O–H groups in total. The van der Waals surface area contributed by atoms with Crippen LogP contribution in [0, 0.1) is 17.1 Å². The van der Waals surface area contributed by atoms with Crippen molar-refractivity contribution in [1.29, 1.82) is 5.26 Å². The lowest BCUT2D eigenvalue weighted by molar-refractivity contribution is 0.194. The average Bonchev–Trinajstić information content (AvgIpc) is 3.12. The summed E-state index contributed by atoms with van der Waals surface area (Å²) in [5.74, 6) is -0.289. The lowest BCUT2D eigenvalue weighted by Gasteiger charge is -2.28. The van der Waals surface area contributed by atoms with Crippen molar-refractivity contribution < 1.29 is 9.18 Å². The Kier molecular flexibility index (Phi) is 4.30. The minimum atomic E-state index is -0.289. The van der Waals surface area contributed by atoms with Crippen LogP contribution < -0.4 is 5.32 Å². The van der Waals surface area contributed by atoms with E-state index in [1.807, 2.05) is 10.8 Å². The molecule has 27 heavy (non-hydrogen) atoms. The number of hydrogen-bond donors (Lipinski definition) is 1. The van der Waals surface area contributed by atoms with Gasteiger partial charge in [-0.1, -0.05) is 12.1 Å². The van der Waals surface area contributed by atoms with Gasteiger partial charge in [0.1, 0.15) is 5.82 Å². The molecule has 4 rings (SSSR count). The first-order chi connectivity index (χ1) is 13.1. The van der Waals surface area contributed by atoms with E-state index in [0.717, 1.165) is 16.8 Å². The van der Waals surface area contributed by atoms with Crippen molar-refractivity contribution in [3.05, 3.63) is 71.8 Å². The molecule has 0 spiro atoms. The van der Waals surface area contributed by atoms with Gasteiger partial charge in [-0.05, 0) is 42.0 Å². The average molecular weight is 361 g/mol. The number of amides is 2. The van der Waals surface area contributed by atoms with Crippen LogP contribution in [0.5, 0.6) is 0 Å². The van der Waals surface area contributed by atoms with Gasteiger partial charge in [-0.15, -0.1) is 0 Å². The number of halogens is 1. The predicted molar refractivity (Wildman–Crippen MR) is 98.2 cm³/mol. The zero-order chi connectivity index (χ0) is 18.8. The number of fused-ring (bicyclic) bond motifs is 1. The maximum atomic E-state index is 13.2. The highest BCUT2D eigenvalue weighted by molar-refractivity contribution is 5.89. The second-order valence-corrected chi connectivity index (χ2v) is 6.28. The third kappa shape index (κ3) is 3.37. The number of nitrogens with one attached hydrogen (secondary N) is 1. The quantitative estimate of drug-likeness (QED) is 0.758. The van der Waals surface area contributed by atoms with Crippen LogP contribution in [0.1, 0.15) is 11.3 Å². The summed E-state index contributed by atoms with van der Waals surface area (Å²) >= 11 is 0. The number of rotatable bonds is 2. The van der Waals surface area contributed by atoms with Crippen LogP contribution in [0.2, 0.25) is 0 Å². The van der Waals surface area contributed by atoms with Crippen molar-refractivity contribution >= 4 is 11.7 Å². The fourth-order valence-electron chi connectivity index (χ4n) is 3.12. The Morgan fingerprint density at radius 2 is 1.85 bits per heavy atom. The van der Waals surface area contributed by atoms with Gasteiger partial charge in [0, 0.05) is 17.8 Å². The van der Waals surface area contributed by atoms with E-state index in [2.05, 4.69) is 10.4 Å². The molecular formula is C20H16FN5O. The van der Waals surface area contributed by atoms with E-state index in [0.29, 0.717) is 30.9 Å². The fourth-order valence-corrected chi connectivity index (χ4v) is 3.12. The van der Waals surface area contributed by atoms with Gasteiger partial charge in [0.25, 0.3) is 0 Å². The number of hydrogen-bond acceptors (Lipinski definition) is 3. The number of carbonyl (C=O) groups excluding carboxylic acids is 1. The van der Waals surface area contributed by atoms with Crippen molar-refractivity contribution in [3.8, 4) is 17.2 Å². The highest BCUT2D eigenvalue weighted by Crippen LogP contribution is 2.27. The van der Waals surface area contributed by atoms with Gasteiger partial charge in [-0.2, -0.15) is 10.4 Å². The minimum absolute atomic E-state index is 0.211. The Hall–Kier alpha value is -3.66. The molecule has 0 saturated heterocycles. The summed E-state index contributed by atoms with van der Waals surface area (Å²) in [4.78, 5) is 14.3. The van der Waals surface area contributed by atoms with Crippen LogP contribution in [0.15, 0.2) is 54.7 Å². The molecule has 1 aliphatic heterocycles. The molecular weight excluding hydrogens is 345 g/mol. The molecule has 6 nitrogen and oxygen atoms in total. The van der Waals surface area contributed by atoms with Crippen LogP contribution in [0.3, 0.4) is 0 Å². The molecule has 0 atom stereocenters. The number of carbonyl (C=O) groups is 1. The van der Waals surface area contributed by atoms with Gasteiger partial charge in [0.2, 0.25) is 0 Å². The summed E-state index contributed by atoms with van der Waals surface area (Å²) in [6.45, 7) is 1.55. The number of nitriles is 1. The first-order valence-electron chi connectivity index (χ1n) is 8.51. The van der Waals surface area contributed by atoms with E-state index in [1.165, 1.54) is 12.1 Å². The predicted octanol–water partition coefficient (Wildman–Crippen LogP) is 3.61. The highest BCUT2D eigenvalue weighted by atomic mass is 19.1. The van der Waals surface area contributed by atoms with Gasteiger partial charge in [0.05, 0.1) is 36.6 Å². The van der Waals surface area contributed by atoms with Crippen LogP contribution in [-0.2, 0) is 13.1 Å². The van der Waals surface area contributed by atoms with Crippen molar-refractivity contribution in [2.45, 2.75) is 13.1 Å². The van der Waals surface area contributed by atoms with Crippen molar-refractivity contribution in [2.75, 3.05) is 11.9 Å². The van der Waals surface area contributed by atoms with Gasteiger partial charge in [-0.3, -0.25) is 4.68 Å². The molecule has 0 unspecified atom stereocenters. The van der Waals surface area contributed by atoms with E-state index in [-0.39, 0.29) is 11.8 Å². The summed E-state index contributed by atoms with van der Waals surface area (Å²) in [6, 6.07) is 14.8. The van der Waals surface area contributed by atoms with E-state index in [1.54, 1.807) is 47.5 Å². The molecule has 2 amide bonds. The molecule has 7 heteroatoms. The molecule has 0 radical (unpaired) electrons. The Bertz CT molecular complexity index is 1020. The molecule has 134 valence electrons. The molecule has 2 aromatic carbocycles. The van der Waals surface area contributed by atoms with Gasteiger partial charge < -0.3 is 10.2 Å². The van der Waals surface area contributed by atoms with Gasteiger partial charge >= 0.3 is 6.03 Å². The number of nitrogens with zero attached hydrogens (tertiary/aromatic N) is 4. The van der Waals surface area contributed by atoms with Gasteiger partial charge in [-0.25, -0.2) is 9.18 Å². The topological polar surface area (TPSA) is 74.0 Å². The second-order valence-electron chi connectivity index (χ2n) is 6.28. The Morgan fingerprint density at radius 3 is 2.56 bits per heavy atom. The molecule has 0 aliphatic carbocycles. The molecule has 0 bridgehead atoms. The molecule has 1 aliphatic rings. The van der Waals surface area contributed by atoms with Crippen molar-refractivity contribution in [2.24, 2.45) is 0 Å². The second kappa shape index (κ2) is 6.92. The van der Waals surface area contributed by atoms with E-state index in [4.69, 9.17) is 5.26 Å². The van der Waals surface area contributed by atoms with Crippen LogP contribution >= 0.6 is 0 Å². The summed E-state index contributed by atoms with van der Waals surface area (Å²) in [5, 5.41) is 16.1. The largest absolute Gasteiger partial charge is 0.322 e. The molecule has 0 saturated carbocycles. The summed E-state index contributed by atoms with van der Waals surface area (Å²) in [5.41, 5.74) is 3.86. The number of aromatic nitrogens is 2. The number of anilines is 1. The Morgan fingerprint density at radius 1 is 1.11 bits per heavy atom. The van der Waals surface area contributed by atoms with Crippen LogP contribution in [-0.4, -0.2) is 27.3 Å². The van der Waals surface area contributed by atoms with Crippen LogP contribution in [0.25, 0.3) is 11.1 Å². The fraction of sp³-hybridized carbons (Fsp3) is 0.150. The summed E-state index contributed by atoms with van der Waals surface area (Å²) < 4.78 is 15.1. The molecule has 2 heterocycles. The summed E-state index contributed by atoms with van der Waals surface area (Å²) in [7, 11) is 0. The van der Waals surface area contributed by atoms with E-state index >= 15 is 0 Å². The zero-order valence-electron chi connectivity index (χ0n) is 14.4. The third-order valence-corrected chi connectivity index (χ3v) is 4.58. The summed E-state index contributed by atoms with van der Waals surface area (Å²) in [6.07, 6.45) is 1.75. The third-order valence-electron chi connectivity index (χ3n) is 4.58. The van der Waals surface area contributed by atoms with Crippen molar-refractivity contribution in [3.63, 3.8) is 0 Å². The minimum Gasteiger partial charge on any atom is -0.317 e. The SMILES string of the molecule is N#Cc1ccc(NC(=O)N2CCn3ncc(-c4ccc(F)cc4)c3C2)cc1. The van der Waals surface area contributed by atoms with E-state index in [9.17, 15) is 9.18 Å². The molecule has 0 fully saturated rings. The van der Waals surface area contributed by atoms with E-state index < -0.39 is 0 Å². The zero-order valence-corrected chi connectivity index (χ0v) is 14.4. The lowest BCUT2D eigenvalue weighted by Crippen LogP contribution is -2.41. The van der Waals surface area contributed by atoms with Crippen LogP contribution in [0.4, 0.5) is 14.9 Å². The highest BCUT2D eigenvalue weighted by Gasteiger charge is 2.24. The molecule has 3 aromatic rings. The first kappa shape index (κ1) is 16.8. The first-order valence-corrected chi connectivity index (χ1v) is 8.51. The molecule has 1 aromatic heterocycles. The number of benzene rings is 2. The monoisotopic (exact) mass is 361 g/mol. The maximum absolute atomic E-state index is 13.2.